The van der Waals surface area contributed by atoms with Crippen LogP contribution in [0.5, 0.6) is 0 Å². The molecule has 0 unspecified atom stereocenters. The van der Waals surface area contributed by atoms with Crippen molar-refractivity contribution in [1.82, 2.24) is 15.6 Å². The number of hydrogen-bond acceptors (Lipinski definition) is 4. The number of aliphatic hydroxyl groups excluding tert-OH is 1. The minimum atomic E-state index is -0.411. The van der Waals surface area contributed by atoms with E-state index in [2.05, 4.69) is 15.6 Å². The van der Waals surface area contributed by atoms with Crippen LogP contribution in [-0.2, 0) is 0 Å². The van der Waals surface area contributed by atoms with E-state index < -0.39 is 6.10 Å². The SMILES string of the molecule is Cc1csc([C@H](NC(=O)N[C@@H]2CCCC[C@H]2O)C2CC2)n1. The summed E-state index contributed by atoms with van der Waals surface area (Å²) in [4.78, 5) is 16.7. The van der Waals surface area contributed by atoms with E-state index in [0.29, 0.717) is 5.92 Å². The maximum absolute atomic E-state index is 12.2. The van der Waals surface area contributed by atoms with E-state index in [0.717, 1.165) is 49.2 Å². The molecular formula is C15H23N3O2S. The van der Waals surface area contributed by atoms with E-state index in [9.17, 15) is 9.90 Å². The molecule has 116 valence electrons. The Labute approximate surface area is 129 Å². The minimum Gasteiger partial charge on any atom is -0.391 e. The first-order valence-electron chi connectivity index (χ1n) is 7.80. The second-order valence-corrected chi connectivity index (χ2v) is 7.11. The van der Waals surface area contributed by atoms with Crippen LogP contribution in [0.15, 0.2) is 5.38 Å². The lowest BCUT2D eigenvalue weighted by molar-refractivity contribution is 0.0939. The Bertz CT molecular complexity index is 501. The highest BCUT2D eigenvalue weighted by atomic mass is 32.1. The molecule has 0 aromatic carbocycles. The third-order valence-electron chi connectivity index (χ3n) is 4.33. The van der Waals surface area contributed by atoms with Gasteiger partial charge in [-0.05, 0) is 38.5 Å². The molecule has 21 heavy (non-hydrogen) atoms. The summed E-state index contributed by atoms with van der Waals surface area (Å²) in [6.45, 7) is 1.97. The van der Waals surface area contributed by atoms with Crippen LogP contribution in [0.3, 0.4) is 0 Å². The van der Waals surface area contributed by atoms with Crippen molar-refractivity contribution in [3.05, 3.63) is 16.1 Å². The van der Waals surface area contributed by atoms with Gasteiger partial charge in [0.15, 0.2) is 0 Å². The zero-order chi connectivity index (χ0) is 14.8. The highest BCUT2D eigenvalue weighted by Crippen LogP contribution is 2.41. The van der Waals surface area contributed by atoms with Crippen LogP contribution in [0, 0.1) is 12.8 Å². The molecule has 6 heteroatoms. The van der Waals surface area contributed by atoms with Gasteiger partial charge in [-0.25, -0.2) is 9.78 Å². The van der Waals surface area contributed by atoms with Crippen LogP contribution in [0.1, 0.15) is 55.3 Å². The number of urea groups is 1. The molecule has 0 aliphatic heterocycles. The normalized spacial score (nSPS) is 27.1. The number of carbonyl (C=O) groups excluding carboxylic acids is 1. The maximum Gasteiger partial charge on any atom is 0.315 e. The molecule has 2 fully saturated rings. The summed E-state index contributed by atoms with van der Waals surface area (Å²) in [5.74, 6) is 0.512. The van der Waals surface area contributed by atoms with Crippen molar-refractivity contribution in [2.75, 3.05) is 0 Å². The number of aliphatic hydroxyl groups is 1. The summed E-state index contributed by atoms with van der Waals surface area (Å²) >= 11 is 1.61. The number of aromatic nitrogens is 1. The second-order valence-electron chi connectivity index (χ2n) is 6.22. The van der Waals surface area contributed by atoms with E-state index in [-0.39, 0.29) is 18.1 Å². The number of hydrogen-bond donors (Lipinski definition) is 3. The average Bonchev–Trinajstić information content (AvgIpc) is 3.21. The summed E-state index contributed by atoms with van der Waals surface area (Å²) in [5, 5.41) is 19.0. The van der Waals surface area contributed by atoms with Gasteiger partial charge in [-0.2, -0.15) is 0 Å². The third kappa shape index (κ3) is 3.74. The molecule has 0 bridgehead atoms. The topological polar surface area (TPSA) is 74.2 Å². The first-order valence-corrected chi connectivity index (χ1v) is 8.68. The predicted octanol–water partition coefficient (Wildman–Crippen LogP) is 2.51. The van der Waals surface area contributed by atoms with Crippen LogP contribution in [0.2, 0.25) is 0 Å². The van der Waals surface area contributed by atoms with Gasteiger partial charge in [0.2, 0.25) is 0 Å². The van der Waals surface area contributed by atoms with Gasteiger partial charge >= 0.3 is 6.03 Å². The molecule has 3 N–H and O–H groups in total. The van der Waals surface area contributed by atoms with E-state index in [1.165, 1.54) is 0 Å². The van der Waals surface area contributed by atoms with Gasteiger partial charge in [-0.3, -0.25) is 0 Å². The lowest BCUT2D eigenvalue weighted by Gasteiger charge is -2.29. The molecular weight excluding hydrogens is 286 g/mol. The van der Waals surface area contributed by atoms with Crippen molar-refractivity contribution in [2.24, 2.45) is 5.92 Å². The van der Waals surface area contributed by atoms with Crippen LogP contribution in [-0.4, -0.2) is 28.3 Å². The molecule has 2 aliphatic rings. The number of thiazole rings is 1. The lowest BCUT2D eigenvalue weighted by atomic mass is 9.93. The van der Waals surface area contributed by atoms with Crippen LogP contribution in [0.25, 0.3) is 0 Å². The largest absolute Gasteiger partial charge is 0.391 e. The second kappa shape index (κ2) is 6.32. The molecule has 5 nitrogen and oxygen atoms in total. The molecule has 0 radical (unpaired) electrons. The van der Waals surface area contributed by atoms with Gasteiger partial charge in [0.05, 0.1) is 18.2 Å². The Hall–Kier alpha value is -1.14. The number of aryl methyl sites for hydroxylation is 1. The first-order chi connectivity index (χ1) is 10.1. The Balaban J connectivity index is 1.59. The van der Waals surface area contributed by atoms with Crippen molar-refractivity contribution in [2.45, 2.75) is 63.6 Å². The smallest absolute Gasteiger partial charge is 0.315 e. The molecule has 0 saturated heterocycles. The monoisotopic (exact) mass is 309 g/mol. The van der Waals surface area contributed by atoms with Gasteiger partial charge in [0.1, 0.15) is 5.01 Å². The molecule has 2 saturated carbocycles. The predicted molar refractivity (Wildman–Crippen MR) is 82.2 cm³/mol. The zero-order valence-corrected chi connectivity index (χ0v) is 13.2. The number of rotatable bonds is 4. The molecule has 2 aliphatic carbocycles. The molecule has 2 amide bonds. The number of nitrogens with zero attached hydrogens (tertiary/aromatic N) is 1. The Morgan fingerprint density at radius 2 is 2.14 bits per heavy atom. The molecule has 3 rings (SSSR count). The molecule has 3 atom stereocenters. The van der Waals surface area contributed by atoms with Crippen LogP contribution < -0.4 is 10.6 Å². The van der Waals surface area contributed by atoms with E-state index in [1.54, 1.807) is 11.3 Å². The van der Waals surface area contributed by atoms with Crippen molar-refractivity contribution in [3.63, 3.8) is 0 Å². The Morgan fingerprint density at radius 1 is 1.38 bits per heavy atom. The van der Waals surface area contributed by atoms with Crippen molar-refractivity contribution >= 4 is 17.4 Å². The number of amides is 2. The van der Waals surface area contributed by atoms with Crippen molar-refractivity contribution in [3.8, 4) is 0 Å². The Morgan fingerprint density at radius 3 is 2.76 bits per heavy atom. The number of nitrogens with one attached hydrogen (secondary N) is 2. The minimum absolute atomic E-state index is 0.0180. The fourth-order valence-corrected chi connectivity index (χ4v) is 3.90. The van der Waals surface area contributed by atoms with E-state index in [4.69, 9.17) is 0 Å². The summed E-state index contributed by atoms with van der Waals surface area (Å²) in [5.41, 5.74) is 1.01. The van der Waals surface area contributed by atoms with Crippen LogP contribution in [0.4, 0.5) is 4.79 Å². The van der Waals surface area contributed by atoms with Crippen LogP contribution >= 0.6 is 11.3 Å². The average molecular weight is 309 g/mol. The first kappa shape index (κ1) is 14.8. The van der Waals surface area contributed by atoms with Crippen molar-refractivity contribution in [1.29, 1.82) is 0 Å². The fourth-order valence-electron chi connectivity index (χ4n) is 2.96. The standard InChI is InChI=1S/C15H23N3O2S/c1-9-8-21-14(16-9)13(10-6-7-10)18-15(20)17-11-4-2-3-5-12(11)19/h8,10-13,19H,2-7H2,1H3,(H2,17,18,20)/t11-,12-,13-/m1/s1. The van der Waals surface area contributed by atoms with Gasteiger partial charge < -0.3 is 15.7 Å². The summed E-state index contributed by atoms with van der Waals surface area (Å²) < 4.78 is 0. The van der Waals surface area contributed by atoms with Gasteiger partial charge in [-0.1, -0.05) is 12.8 Å². The summed E-state index contributed by atoms with van der Waals surface area (Å²) in [6, 6.07) is -0.272. The van der Waals surface area contributed by atoms with E-state index in [1.807, 2.05) is 12.3 Å². The maximum atomic E-state index is 12.2. The molecule has 1 heterocycles. The molecule has 0 spiro atoms. The van der Waals surface area contributed by atoms with Crippen molar-refractivity contribution < 1.29 is 9.90 Å². The third-order valence-corrected chi connectivity index (χ3v) is 5.37. The van der Waals surface area contributed by atoms with E-state index >= 15 is 0 Å². The zero-order valence-electron chi connectivity index (χ0n) is 12.3. The van der Waals surface area contributed by atoms with Gasteiger partial charge in [0, 0.05) is 11.1 Å². The number of carbonyl (C=O) groups is 1. The van der Waals surface area contributed by atoms with Gasteiger partial charge in [0.25, 0.3) is 0 Å². The Kier molecular flexibility index (Phi) is 4.45. The molecule has 1 aromatic rings. The highest BCUT2D eigenvalue weighted by molar-refractivity contribution is 7.09. The highest BCUT2D eigenvalue weighted by Gasteiger charge is 2.36. The summed E-state index contributed by atoms with van der Waals surface area (Å²) in [7, 11) is 0. The summed E-state index contributed by atoms with van der Waals surface area (Å²) in [6.07, 6.45) is 5.64. The quantitative estimate of drug-likeness (QED) is 0.800. The fraction of sp³-hybridized carbons (Fsp3) is 0.733. The lowest BCUT2D eigenvalue weighted by Crippen LogP contribution is -2.49. The molecule has 1 aromatic heterocycles. The van der Waals surface area contributed by atoms with Gasteiger partial charge in [-0.15, -0.1) is 11.3 Å².